The van der Waals surface area contributed by atoms with Crippen molar-refractivity contribution in [3.05, 3.63) is 77.2 Å². The molecule has 0 bridgehead atoms. The SMILES string of the molecule is Cc1ccc(CNc2ccnc(Nc3ccc(F)c(F)c3F)n2)cc1. The number of halogens is 3. The molecule has 0 saturated carbocycles. The Morgan fingerprint density at radius 2 is 1.68 bits per heavy atom. The lowest BCUT2D eigenvalue weighted by atomic mass is 10.1. The molecule has 2 aromatic carbocycles. The molecule has 0 fully saturated rings. The van der Waals surface area contributed by atoms with Gasteiger partial charge in [0.2, 0.25) is 5.95 Å². The molecule has 0 aliphatic carbocycles. The molecule has 25 heavy (non-hydrogen) atoms. The van der Waals surface area contributed by atoms with E-state index < -0.39 is 17.5 Å². The summed E-state index contributed by atoms with van der Waals surface area (Å²) < 4.78 is 39.9. The van der Waals surface area contributed by atoms with Crippen molar-refractivity contribution in [1.82, 2.24) is 9.97 Å². The first kappa shape index (κ1) is 16.8. The molecule has 7 heteroatoms. The van der Waals surface area contributed by atoms with Crippen molar-refractivity contribution in [2.75, 3.05) is 10.6 Å². The Morgan fingerprint density at radius 3 is 2.44 bits per heavy atom. The Kier molecular flexibility index (Phi) is 4.83. The van der Waals surface area contributed by atoms with Gasteiger partial charge in [-0.1, -0.05) is 29.8 Å². The number of nitrogens with one attached hydrogen (secondary N) is 2. The van der Waals surface area contributed by atoms with Crippen molar-refractivity contribution >= 4 is 17.5 Å². The number of aryl methyl sites for hydroxylation is 1. The predicted octanol–water partition coefficient (Wildman–Crippen LogP) is 4.56. The van der Waals surface area contributed by atoms with Crippen molar-refractivity contribution in [2.45, 2.75) is 13.5 Å². The van der Waals surface area contributed by atoms with Gasteiger partial charge in [0.1, 0.15) is 5.82 Å². The van der Waals surface area contributed by atoms with E-state index in [1.165, 1.54) is 11.8 Å². The van der Waals surface area contributed by atoms with Crippen LogP contribution in [0.2, 0.25) is 0 Å². The van der Waals surface area contributed by atoms with E-state index in [9.17, 15) is 13.2 Å². The van der Waals surface area contributed by atoms with E-state index in [1.54, 1.807) is 6.07 Å². The molecule has 0 saturated heterocycles. The van der Waals surface area contributed by atoms with Crippen LogP contribution in [0.4, 0.5) is 30.6 Å². The normalized spacial score (nSPS) is 10.6. The van der Waals surface area contributed by atoms with E-state index in [0.717, 1.165) is 17.7 Å². The second-order valence-electron chi connectivity index (χ2n) is 5.45. The number of aromatic nitrogens is 2. The summed E-state index contributed by atoms with van der Waals surface area (Å²) >= 11 is 0. The molecule has 128 valence electrons. The lowest BCUT2D eigenvalue weighted by Gasteiger charge is -2.09. The van der Waals surface area contributed by atoms with Crippen LogP contribution in [0, 0.1) is 24.4 Å². The Morgan fingerprint density at radius 1 is 0.920 bits per heavy atom. The largest absolute Gasteiger partial charge is 0.366 e. The van der Waals surface area contributed by atoms with Crippen molar-refractivity contribution in [3.63, 3.8) is 0 Å². The van der Waals surface area contributed by atoms with Crippen LogP contribution in [0.3, 0.4) is 0 Å². The quantitative estimate of drug-likeness (QED) is 0.666. The zero-order valence-electron chi connectivity index (χ0n) is 13.4. The summed E-state index contributed by atoms with van der Waals surface area (Å²) in [7, 11) is 0. The number of hydrogen-bond donors (Lipinski definition) is 2. The van der Waals surface area contributed by atoms with Crippen LogP contribution >= 0.6 is 0 Å². The molecule has 0 unspecified atom stereocenters. The van der Waals surface area contributed by atoms with Gasteiger partial charge in [-0.05, 0) is 30.7 Å². The van der Waals surface area contributed by atoms with Gasteiger partial charge in [-0.15, -0.1) is 0 Å². The topological polar surface area (TPSA) is 49.8 Å². The van der Waals surface area contributed by atoms with Gasteiger partial charge in [-0.2, -0.15) is 4.98 Å². The van der Waals surface area contributed by atoms with E-state index in [2.05, 4.69) is 20.6 Å². The second-order valence-corrected chi connectivity index (χ2v) is 5.45. The van der Waals surface area contributed by atoms with E-state index >= 15 is 0 Å². The zero-order valence-corrected chi connectivity index (χ0v) is 13.4. The zero-order chi connectivity index (χ0) is 17.8. The fraction of sp³-hybridized carbons (Fsp3) is 0.111. The maximum Gasteiger partial charge on any atom is 0.229 e. The molecule has 4 nitrogen and oxygen atoms in total. The van der Waals surface area contributed by atoms with Gasteiger partial charge in [0.05, 0.1) is 5.69 Å². The standard InChI is InChI=1S/C18H15F3N4/c1-11-2-4-12(5-3-11)10-23-15-8-9-22-18(25-15)24-14-7-6-13(19)16(20)17(14)21/h2-9H,10H2,1H3,(H2,22,23,24,25). The monoisotopic (exact) mass is 344 g/mol. The van der Waals surface area contributed by atoms with Gasteiger partial charge in [0.15, 0.2) is 17.5 Å². The molecular weight excluding hydrogens is 329 g/mol. The minimum atomic E-state index is -1.54. The summed E-state index contributed by atoms with van der Waals surface area (Å²) in [5.74, 6) is -3.53. The minimum Gasteiger partial charge on any atom is -0.366 e. The number of nitrogens with zero attached hydrogens (tertiary/aromatic N) is 2. The van der Waals surface area contributed by atoms with Gasteiger partial charge in [-0.25, -0.2) is 18.2 Å². The lowest BCUT2D eigenvalue weighted by Crippen LogP contribution is -2.05. The first-order valence-corrected chi connectivity index (χ1v) is 7.56. The van der Waals surface area contributed by atoms with Gasteiger partial charge in [-0.3, -0.25) is 0 Å². The van der Waals surface area contributed by atoms with Gasteiger partial charge in [0, 0.05) is 12.7 Å². The second kappa shape index (κ2) is 7.21. The number of hydrogen-bond acceptors (Lipinski definition) is 4. The Bertz CT molecular complexity index is 882. The Hall–Kier alpha value is -3.09. The van der Waals surface area contributed by atoms with Gasteiger partial charge >= 0.3 is 0 Å². The number of rotatable bonds is 5. The summed E-state index contributed by atoms with van der Waals surface area (Å²) in [4.78, 5) is 8.13. The molecule has 1 aromatic heterocycles. The maximum absolute atomic E-state index is 13.7. The third-order valence-corrected chi connectivity index (χ3v) is 3.53. The molecule has 3 rings (SSSR count). The number of benzene rings is 2. The highest BCUT2D eigenvalue weighted by atomic mass is 19.2. The third-order valence-electron chi connectivity index (χ3n) is 3.53. The van der Waals surface area contributed by atoms with Crippen LogP contribution in [0.25, 0.3) is 0 Å². The summed E-state index contributed by atoms with van der Waals surface area (Å²) in [6.45, 7) is 2.56. The van der Waals surface area contributed by atoms with Crippen molar-refractivity contribution in [3.8, 4) is 0 Å². The summed E-state index contributed by atoms with van der Waals surface area (Å²) in [5, 5.41) is 5.67. The lowest BCUT2D eigenvalue weighted by molar-refractivity contribution is 0.449. The molecule has 3 aromatic rings. The highest BCUT2D eigenvalue weighted by Crippen LogP contribution is 2.22. The van der Waals surface area contributed by atoms with Crippen LogP contribution in [0.15, 0.2) is 48.7 Å². The number of anilines is 3. The molecule has 0 atom stereocenters. The van der Waals surface area contributed by atoms with E-state index in [-0.39, 0.29) is 11.6 Å². The molecule has 0 spiro atoms. The molecular formula is C18H15F3N4. The summed E-state index contributed by atoms with van der Waals surface area (Å²) in [5.41, 5.74) is 2.01. The van der Waals surface area contributed by atoms with Crippen LogP contribution in [-0.2, 0) is 6.54 Å². The van der Waals surface area contributed by atoms with Crippen molar-refractivity contribution < 1.29 is 13.2 Å². The predicted molar refractivity (Wildman–Crippen MR) is 90.1 cm³/mol. The van der Waals surface area contributed by atoms with E-state index in [0.29, 0.717) is 12.4 Å². The fourth-order valence-electron chi connectivity index (χ4n) is 2.16. The maximum atomic E-state index is 13.7. The molecule has 0 amide bonds. The highest BCUT2D eigenvalue weighted by Gasteiger charge is 2.14. The average Bonchev–Trinajstić information content (AvgIpc) is 2.62. The van der Waals surface area contributed by atoms with E-state index in [1.807, 2.05) is 31.2 Å². The summed E-state index contributed by atoms with van der Waals surface area (Å²) in [6, 6.07) is 11.6. The third kappa shape index (κ3) is 4.06. The molecule has 1 heterocycles. The van der Waals surface area contributed by atoms with Crippen LogP contribution in [-0.4, -0.2) is 9.97 Å². The van der Waals surface area contributed by atoms with Crippen molar-refractivity contribution in [2.24, 2.45) is 0 Å². The summed E-state index contributed by atoms with van der Waals surface area (Å²) in [6.07, 6.45) is 1.48. The molecule has 0 aliphatic heterocycles. The Balaban J connectivity index is 1.71. The van der Waals surface area contributed by atoms with E-state index in [4.69, 9.17) is 0 Å². The van der Waals surface area contributed by atoms with Gasteiger partial charge < -0.3 is 10.6 Å². The highest BCUT2D eigenvalue weighted by molar-refractivity contribution is 5.55. The fourth-order valence-corrected chi connectivity index (χ4v) is 2.16. The minimum absolute atomic E-state index is 0.0683. The first-order valence-electron chi connectivity index (χ1n) is 7.56. The average molecular weight is 344 g/mol. The first-order chi connectivity index (χ1) is 12.0. The van der Waals surface area contributed by atoms with Gasteiger partial charge in [0.25, 0.3) is 0 Å². The van der Waals surface area contributed by atoms with Crippen LogP contribution in [0.1, 0.15) is 11.1 Å². The van der Waals surface area contributed by atoms with Crippen LogP contribution in [0.5, 0.6) is 0 Å². The smallest absolute Gasteiger partial charge is 0.229 e. The molecule has 0 radical (unpaired) electrons. The van der Waals surface area contributed by atoms with Crippen LogP contribution < -0.4 is 10.6 Å². The molecule has 0 aliphatic rings. The van der Waals surface area contributed by atoms with Crippen molar-refractivity contribution in [1.29, 1.82) is 0 Å². The Labute approximate surface area is 142 Å². The molecule has 2 N–H and O–H groups in total.